The summed E-state index contributed by atoms with van der Waals surface area (Å²) in [7, 11) is 2.08. The minimum absolute atomic E-state index is 0.119. The van der Waals surface area contributed by atoms with Crippen molar-refractivity contribution in [2.24, 2.45) is 0 Å². The number of hydrogen-bond acceptors (Lipinski definition) is 6. The summed E-state index contributed by atoms with van der Waals surface area (Å²) in [5, 5.41) is 5.41. The van der Waals surface area contributed by atoms with Gasteiger partial charge in [-0.1, -0.05) is 17.8 Å². The topological polar surface area (TPSA) is 70.5 Å². The number of aromatic nitrogens is 2. The summed E-state index contributed by atoms with van der Waals surface area (Å²) in [6, 6.07) is 5.78. The van der Waals surface area contributed by atoms with Gasteiger partial charge in [0.2, 0.25) is 5.91 Å². The van der Waals surface area contributed by atoms with Crippen molar-refractivity contribution in [2.45, 2.75) is 24.3 Å². The minimum atomic E-state index is -0.401. The summed E-state index contributed by atoms with van der Waals surface area (Å²) in [5.41, 5.74) is 2.25. The molecular formula is C20H24FN5O2S. The molecule has 2 aliphatic rings. The maximum absolute atomic E-state index is 13.3. The first kappa shape index (κ1) is 19.9. The van der Waals surface area contributed by atoms with Gasteiger partial charge in [-0.25, -0.2) is 13.9 Å². The van der Waals surface area contributed by atoms with Crippen LogP contribution in [0.15, 0.2) is 34.1 Å². The highest BCUT2D eigenvalue weighted by atomic mass is 32.2. The summed E-state index contributed by atoms with van der Waals surface area (Å²) in [4.78, 5) is 31.6. The molecule has 2 aromatic rings. The number of carbonyl (C=O) groups excluding carboxylic acids is 1. The first-order valence-corrected chi connectivity index (χ1v) is 10.8. The molecule has 7 nitrogen and oxygen atoms in total. The van der Waals surface area contributed by atoms with Gasteiger partial charge in [0.05, 0.1) is 11.4 Å². The van der Waals surface area contributed by atoms with Gasteiger partial charge in [-0.2, -0.15) is 4.98 Å². The number of halogens is 1. The van der Waals surface area contributed by atoms with Crippen LogP contribution in [0.2, 0.25) is 0 Å². The lowest BCUT2D eigenvalue weighted by Crippen LogP contribution is -2.54. The number of rotatable bonds is 5. The van der Waals surface area contributed by atoms with E-state index >= 15 is 0 Å². The van der Waals surface area contributed by atoms with Gasteiger partial charge in [0.15, 0.2) is 0 Å². The highest BCUT2D eigenvalue weighted by Crippen LogP contribution is 2.29. The second-order valence-electron chi connectivity index (χ2n) is 7.39. The lowest BCUT2D eigenvalue weighted by atomic mass is 10.3. The Kier molecular flexibility index (Phi) is 5.86. The SMILES string of the molecule is CN1CCN(n2c3c(c(SCC(=O)Nc4cccc(F)c4)nc2=O)CCC3)CC1. The largest absolute Gasteiger partial charge is 0.367 e. The summed E-state index contributed by atoms with van der Waals surface area (Å²) in [6.45, 7) is 3.43. The molecule has 1 aromatic carbocycles. The fourth-order valence-electron chi connectivity index (χ4n) is 3.81. The molecule has 0 unspecified atom stereocenters. The van der Waals surface area contributed by atoms with Crippen LogP contribution in [0.5, 0.6) is 0 Å². The van der Waals surface area contributed by atoms with Gasteiger partial charge in [0.1, 0.15) is 10.8 Å². The third kappa shape index (κ3) is 4.45. The summed E-state index contributed by atoms with van der Waals surface area (Å²) in [5.74, 6) is -0.534. The molecule has 1 fully saturated rings. The van der Waals surface area contributed by atoms with Crippen LogP contribution in [0.4, 0.5) is 10.1 Å². The van der Waals surface area contributed by atoms with Crippen molar-refractivity contribution < 1.29 is 9.18 Å². The maximum atomic E-state index is 13.3. The Balaban J connectivity index is 1.49. The molecule has 1 aliphatic heterocycles. The van der Waals surface area contributed by atoms with Crippen molar-refractivity contribution in [3.8, 4) is 0 Å². The lowest BCUT2D eigenvalue weighted by molar-refractivity contribution is -0.113. The molecule has 9 heteroatoms. The smallest absolute Gasteiger partial charge is 0.325 e. The fourth-order valence-corrected chi connectivity index (χ4v) is 4.69. The Morgan fingerprint density at radius 3 is 2.79 bits per heavy atom. The first-order chi connectivity index (χ1) is 14.0. The van der Waals surface area contributed by atoms with Crippen LogP contribution < -0.4 is 16.0 Å². The van der Waals surface area contributed by atoms with Gasteiger partial charge in [0.25, 0.3) is 0 Å². The molecule has 1 aromatic heterocycles. The Morgan fingerprint density at radius 1 is 1.24 bits per heavy atom. The molecule has 2 heterocycles. The van der Waals surface area contributed by atoms with E-state index in [1.54, 1.807) is 16.8 Å². The highest BCUT2D eigenvalue weighted by molar-refractivity contribution is 8.00. The standard InChI is InChI=1S/C20H24FN5O2S/c1-24-8-10-25(11-9-24)26-17-7-3-6-16(17)19(23-20(26)28)29-13-18(27)22-15-5-2-4-14(21)12-15/h2,4-5,12H,3,6-11,13H2,1H3,(H,22,27). The van der Waals surface area contributed by atoms with Crippen LogP contribution in [-0.2, 0) is 17.6 Å². The number of thioether (sulfide) groups is 1. The van der Waals surface area contributed by atoms with Crippen molar-refractivity contribution in [2.75, 3.05) is 49.3 Å². The lowest BCUT2D eigenvalue weighted by Gasteiger charge is -2.35. The van der Waals surface area contributed by atoms with E-state index in [0.29, 0.717) is 10.7 Å². The van der Waals surface area contributed by atoms with E-state index in [9.17, 15) is 14.0 Å². The van der Waals surface area contributed by atoms with Crippen molar-refractivity contribution >= 4 is 23.4 Å². The van der Waals surface area contributed by atoms with Crippen LogP contribution in [0.25, 0.3) is 0 Å². The molecule has 29 heavy (non-hydrogen) atoms. The maximum Gasteiger partial charge on any atom is 0.367 e. The zero-order valence-corrected chi connectivity index (χ0v) is 17.2. The minimum Gasteiger partial charge on any atom is -0.325 e. The van der Waals surface area contributed by atoms with Crippen LogP contribution in [0.3, 0.4) is 0 Å². The third-order valence-corrected chi connectivity index (χ3v) is 6.31. The molecule has 0 bridgehead atoms. The molecule has 154 valence electrons. The van der Waals surface area contributed by atoms with Gasteiger partial charge in [0, 0.05) is 37.4 Å². The summed E-state index contributed by atoms with van der Waals surface area (Å²) < 4.78 is 15.0. The molecular weight excluding hydrogens is 393 g/mol. The number of anilines is 1. The second kappa shape index (κ2) is 8.54. The van der Waals surface area contributed by atoms with Gasteiger partial charge < -0.3 is 15.2 Å². The number of nitrogens with one attached hydrogen (secondary N) is 1. The van der Waals surface area contributed by atoms with Crippen molar-refractivity contribution in [3.63, 3.8) is 0 Å². The summed E-state index contributed by atoms with van der Waals surface area (Å²) in [6.07, 6.45) is 2.70. The first-order valence-electron chi connectivity index (χ1n) is 9.78. The Bertz CT molecular complexity index is 972. The molecule has 0 saturated carbocycles. The van der Waals surface area contributed by atoms with E-state index in [1.165, 1.54) is 23.9 Å². The van der Waals surface area contributed by atoms with Crippen LogP contribution >= 0.6 is 11.8 Å². The summed E-state index contributed by atoms with van der Waals surface area (Å²) >= 11 is 1.27. The molecule has 1 aliphatic carbocycles. The Morgan fingerprint density at radius 2 is 2.03 bits per heavy atom. The van der Waals surface area contributed by atoms with E-state index in [2.05, 4.69) is 27.3 Å². The van der Waals surface area contributed by atoms with Gasteiger partial charge >= 0.3 is 5.69 Å². The number of likely N-dealkylation sites (N-methyl/N-ethyl adjacent to an activating group) is 1. The predicted molar refractivity (Wildman–Crippen MR) is 112 cm³/mol. The predicted octanol–water partition coefficient (Wildman–Crippen LogP) is 1.49. The average molecular weight is 418 g/mol. The van der Waals surface area contributed by atoms with Crippen LogP contribution in [0, 0.1) is 5.82 Å². The van der Waals surface area contributed by atoms with Gasteiger partial charge in [-0.3, -0.25) is 4.79 Å². The molecule has 1 saturated heterocycles. The third-order valence-electron chi connectivity index (χ3n) is 5.29. The Labute approximate surface area is 172 Å². The molecule has 0 spiro atoms. The van der Waals surface area contributed by atoms with Crippen LogP contribution in [-0.4, -0.2) is 59.4 Å². The number of amides is 1. The van der Waals surface area contributed by atoms with E-state index < -0.39 is 5.82 Å². The molecule has 1 N–H and O–H groups in total. The van der Waals surface area contributed by atoms with Gasteiger partial charge in [-0.15, -0.1) is 0 Å². The monoisotopic (exact) mass is 417 g/mol. The molecule has 1 amide bonds. The normalized spacial score (nSPS) is 16.7. The van der Waals surface area contributed by atoms with Crippen LogP contribution in [0.1, 0.15) is 17.7 Å². The number of hydrogen-bond donors (Lipinski definition) is 1. The zero-order chi connectivity index (χ0) is 20.4. The van der Waals surface area contributed by atoms with E-state index in [1.807, 2.05) is 0 Å². The fraction of sp³-hybridized carbons (Fsp3) is 0.450. The molecule has 0 radical (unpaired) electrons. The van der Waals surface area contributed by atoms with Crippen molar-refractivity contribution in [1.29, 1.82) is 0 Å². The highest BCUT2D eigenvalue weighted by Gasteiger charge is 2.26. The molecule has 0 atom stereocenters. The molecule has 4 rings (SSSR count). The Hall–Kier alpha value is -2.39. The van der Waals surface area contributed by atoms with Crippen molar-refractivity contribution in [3.05, 3.63) is 51.8 Å². The average Bonchev–Trinajstić information content (AvgIpc) is 3.17. The number of fused-ring (bicyclic) bond motifs is 1. The zero-order valence-electron chi connectivity index (χ0n) is 16.4. The van der Waals surface area contributed by atoms with Crippen molar-refractivity contribution in [1.82, 2.24) is 14.6 Å². The number of carbonyl (C=O) groups is 1. The van der Waals surface area contributed by atoms with E-state index in [-0.39, 0.29) is 17.3 Å². The van der Waals surface area contributed by atoms with E-state index in [4.69, 9.17) is 0 Å². The quantitative estimate of drug-likeness (QED) is 0.587. The van der Waals surface area contributed by atoms with E-state index in [0.717, 1.165) is 56.7 Å². The number of piperazine rings is 1. The number of benzene rings is 1. The van der Waals surface area contributed by atoms with Gasteiger partial charge in [-0.05, 0) is 44.5 Å². The second-order valence-corrected chi connectivity index (χ2v) is 8.36. The number of nitrogens with zero attached hydrogens (tertiary/aromatic N) is 4.